The van der Waals surface area contributed by atoms with E-state index in [1.807, 2.05) is 63.7 Å². The molecule has 1 aromatic carbocycles. The van der Waals surface area contributed by atoms with Gasteiger partial charge in [-0.3, -0.25) is 4.79 Å². The highest BCUT2D eigenvalue weighted by atomic mass is 19.1. The van der Waals surface area contributed by atoms with Gasteiger partial charge in [-0.15, -0.1) is 0 Å². The van der Waals surface area contributed by atoms with Gasteiger partial charge in [-0.2, -0.15) is 0 Å². The molecule has 3 heterocycles. The molecule has 28 heavy (non-hydrogen) atoms. The Bertz CT molecular complexity index is 991. The average molecular weight is 381 g/mol. The Hall–Kier alpha value is -2.93. The van der Waals surface area contributed by atoms with Crippen molar-refractivity contribution in [3.05, 3.63) is 65.9 Å². The third-order valence-electron chi connectivity index (χ3n) is 5.06. The van der Waals surface area contributed by atoms with Gasteiger partial charge < -0.3 is 19.1 Å². The highest BCUT2D eigenvalue weighted by Crippen LogP contribution is 2.22. The van der Waals surface area contributed by atoms with Gasteiger partial charge in [0.15, 0.2) is 5.69 Å². The molecule has 2 aromatic heterocycles. The van der Waals surface area contributed by atoms with Crippen molar-refractivity contribution in [2.24, 2.45) is 0 Å². The fraction of sp³-hybridized carbons (Fsp3) is 0.333. The van der Waals surface area contributed by atoms with Crippen LogP contribution in [0, 0.1) is 5.82 Å². The number of amides is 1. The second-order valence-electron chi connectivity index (χ2n) is 7.30. The molecule has 0 unspecified atom stereocenters. The van der Waals surface area contributed by atoms with E-state index in [1.54, 1.807) is 12.1 Å². The summed E-state index contributed by atoms with van der Waals surface area (Å²) in [6, 6.07) is 12.5. The number of aromatic nitrogens is 2. The van der Waals surface area contributed by atoms with Crippen molar-refractivity contribution < 1.29 is 9.18 Å². The van der Waals surface area contributed by atoms with E-state index in [9.17, 15) is 9.18 Å². The van der Waals surface area contributed by atoms with E-state index < -0.39 is 0 Å². The molecule has 0 N–H and O–H groups in total. The maximum Gasteiger partial charge on any atom is 0.274 e. The Morgan fingerprint density at radius 1 is 1.07 bits per heavy atom. The van der Waals surface area contributed by atoms with Gasteiger partial charge >= 0.3 is 0 Å². The Labute approximate surface area is 163 Å². The molecular formula is C21H24FN5O. The molecule has 0 spiro atoms. The lowest BCUT2D eigenvalue weighted by atomic mass is 10.2. The molecule has 7 heteroatoms. The molecule has 0 atom stereocenters. The molecule has 1 aliphatic rings. The first kappa shape index (κ1) is 18.4. The number of hydrogen-bond acceptors (Lipinski definition) is 4. The summed E-state index contributed by atoms with van der Waals surface area (Å²) in [5.74, 6) is -0.287. The zero-order valence-corrected chi connectivity index (χ0v) is 16.2. The predicted octanol–water partition coefficient (Wildman–Crippen LogP) is 2.50. The quantitative estimate of drug-likeness (QED) is 0.697. The molecule has 3 aromatic rings. The van der Waals surface area contributed by atoms with Crippen molar-refractivity contribution in [2.75, 3.05) is 45.2 Å². The molecule has 1 saturated heterocycles. The van der Waals surface area contributed by atoms with Gasteiger partial charge in [0.05, 0.1) is 11.4 Å². The van der Waals surface area contributed by atoms with Gasteiger partial charge in [0.25, 0.3) is 5.91 Å². The van der Waals surface area contributed by atoms with Crippen LogP contribution in [0.5, 0.6) is 0 Å². The van der Waals surface area contributed by atoms with Gasteiger partial charge in [-0.1, -0.05) is 18.2 Å². The maximum atomic E-state index is 14.0. The van der Waals surface area contributed by atoms with E-state index in [0.717, 1.165) is 11.3 Å². The highest BCUT2D eigenvalue weighted by Gasteiger charge is 2.27. The second kappa shape index (κ2) is 7.59. The molecule has 6 nitrogen and oxygen atoms in total. The van der Waals surface area contributed by atoms with Gasteiger partial charge in [-0.25, -0.2) is 9.37 Å². The number of anilines is 1. The standard InChI is InChI=1S/C21H24FN5O/c1-24(2)15-18-20(23-19-9-5-6-10-27(18)19)21(28)26-13-11-25(12-14-26)17-8-4-3-7-16(17)22/h3-10H,11-15H2,1-2H3. The van der Waals surface area contributed by atoms with E-state index in [0.29, 0.717) is 44.1 Å². The van der Waals surface area contributed by atoms with Crippen LogP contribution in [0.25, 0.3) is 5.65 Å². The molecule has 1 amide bonds. The van der Waals surface area contributed by atoms with Gasteiger partial charge in [0.1, 0.15) is 11.5 Å². The van der Waals surface area contributed by atoms with Crippen LogP contribution in [-0.2, 0) is 6.54 Å². The number of carbonyl (C=O) groups is 1. The number of benzene rings is 1. The lowest BCUT2D eigenvalue weighted by Crippen LogP contribution is -2.49. The summed E-state index contributed by atoms with van der Waals surface area (Å²) in [6.07, 6.45) is 1.94. The fourth-order valence-corrected chi connectivity index (χ4v) is 3.68. The Kier molecular flexibility index (Phi) is 5.00. The van der Waals surface area contributed by atoms with Crippen LogP contribution < -0.4 is 4.90 Å². The van der Waals surface area contributed by atoms with E-state index in [1.165, 1.54) is 6.07 Å². The first-order valence-electron chi connectivity index (χ1n) is 9.44. The summed E-state index contributed by atoms with van der Waals surface area (Å²) in [5.41, 5.74) is 2.75. The first-order valence-corrected chi connectivity index (χ1v) is 9.44. The summed E-state index contributed by atoms with van der Waals surface area (Å²) in [4.78, 5) is 23.7. The smallest absolute Gasteiger partial charge is 0.274 e. The van der Waals surface area contributed by atoms with Crippen molar-refractivity contribution in [1.82, 2.24) is 19.2 Å². The SMILES string of the molecule is CN(C)Cc1c(C(=O)N2CCN(c3ccccc3F)CC2)nc2ccccn12. The zero-order chi connectivity index (χ0) is 19.7. The summed E-state index contributed by atoms with van der Waals surface area (Å²) < 4.78 is 16.0. The third kappa shape index (κ3) is 3.45. The van der Waals surface area contributed by atoms with Crippen LogP contribution >= 0.6 is 0 Å². The normalized spacial score (nSPS) is 14.9. The summed E-state index contributed by atoms with van der Waals surface area (Å²) in [7, 11) is 3.95. The van der Waals surface area contributed by atoms with E-state index in [4.69, 9.17) is 0 Å². The van der Waals surface area contributed by atoms with Crippen molar-refractivity contribution in [3.8, 4) is 0 Å². The van der Waals surface area contributed by atoms with Crippen molar-refractivity contribution in [3.63, 3.8) is 0 Å². The number of piperazine rings is 1. The van der Waals surface area contributed by atoms with Crippen molar-refractivity contribution >= 4 is 17.2 Å². The second-order valence-corrected chi connectivity index (χ2v) is 7.30. The summed E-state index contributed by atoms with van der Waals surface area (Å²) >= 11 is 0. The van der Waals surface area contributed by atoms with Crippen LogP contribution in [-0.4, -0.2) is 65.4 Å². The van der Waals surface area contributed by atoms with Crippen LogP contribution in [0.2, 0.25) is 0 Å². The molecular weight excluding hydrogens is 357 g/mol. The number of para-hydroxylation sites is 1. The number of fused-ring (bicyclic) bond motifs is 1. The minimum Gasteiger partial charge on any atom is -0.366 e. The lowest BCUT2D eigenvalue weighted by Gasteiger charge is -2.36. The van der Waals surface area contributed by atoms with Crippen LogP contribution in [0.1, 0.15) is 16.2 Å². The van der Waals surface area contributed by atoms with Gasteiger partial charge in [0.2, 0.25) is 0 Å². The number of imidazole rings is 1. The number of pyridine rings is 1. The monoisotopic (exact) mass is 381 g/mol. The van der Waals surface area contributed by atoms with Gasteiger partial charge in [0, 0.05) is 38.9 Å². The Morgan fingerprint density at radius 2 is 1.79 bits per heavy atom. The molecule has 1 fully saturated rings. The number of halogens is 1. The van der Waals surface area contributed by atoms with Gasteiger partial charge in [-0.05, 0) is 38.4 Å². The molecule has 0 radical (unpaired) electrons. The lowest BCUT2D eigenvalue weighted by molar-refractivity contribution is 0.0739. The number of rotatable bonds is 4. The molecule has 0 bridgehead atoms. The zero-order valence-electron chi connectivity index (χ0n) is 16.2. The minimum absolute atomic E-state index is 0.0614. The van der Waals surface area contributed by atoms with Crippen molar-refractivity contribution in [2.45, 2.75) is 6.54 Å². The molecule has 146 valence electrons. The summed E-state index contributed by atoms with van der Waals surface area (Å²) in [6.45, 7) is 2.92. The van der Waals surface area contributed by atoms with Crippen molar-refractivity contribution in [1.29, 1.82) is 0 Å². The highest BCUT2D eigenvalue weighted by molar-refractivity contribution is 5.94. The molecule has 4 rings (SSSR count). The fourth-order valence-electron chi connectivity index (χ4n) is 3.68. The van der Waals surface area contributed by atoms with E-state index in [2.05, 4.69) is 4.98 Å². The predicted molar refractivity (Wildman–Crippen MR) is 107 cm³/mol. The average Bonchev–Trinajstić information content (AvgIpc) is 3.06. The largest absolute Gasteiger partial charge is 0.366 e. The summed E-state index contributed by atoms with van der Waals surface area (Å²) in [5, 5.41) is 0. The number of carbonyl (C=O) groups excluding carboxylic acids is 1. The Morgan fingerprint density at radius 3 is 2.50 bits per heavy atom. The van der Waals surface area contributed by atoms with Crippen LogP contribution in [0.3, 0.4) is 0 Å². The topological polar surface area (TPSA) is 44.1 Å². The maximum absolute atomic E-state index is 14.0. The Balaban J connectivity index is 1.55. The first-order chi connectivity index (χ1) is 13.5. The molecule has 0 saturated carbocycles. The van der Waals surface area contributed by atoms with Crippen LogP contribution in [0.15, 0.2) is 48.7 Å². The number of hydrogen-bond donors (Lipinski definition) is 0. The molecule has 0 aliphatic carbocycles. The van der Waals surface area contributed by atoms with Crippen LogP contribution in [0.4, 0.5) is 10.1 Å². The number of nitrogens with zero attached hydrogens (tertiary/aromatic N) is 5. The molecule has 1 aliphatic heterocycles. The third-order valence-corrected chi connectivity index (χ3v) is 5.06. The van der Waals surface area contributed by atoms with E-state index in [-0.39, 0.29) is 11.7 Å². The van der Waals surface area contributed by atoms with E-state index >= 15 is 0 Å². The minimum atomic E-state index is -0.226.